The van der Waals surface area contributed by atoms with E-state index in [1.54, 1.807) is 0 Å². The van der Waals surface area contributed by atoms with Crippen LogP contribution in [-0.2, 0) is 0 Å². The highest BCUT2D eigenvalue weighted by molar-refractivity contribution is 7.80. The van der Waals surface area contributed by atoms with Crippen molar-refractivity contribution < 1.29 is 0 Å². The molecule has 2 rings (SSSR count). The van der Waals surface area contributed by atoms with Gasteiger partial charge in [-0.05, 0) is 57.5 Å². The summed E-state index contributed by atoms with van der Waals surface area (Å²) in [4.78, 5) is 5.13. The number of likely N-dealkylation sites (tertiary alicyclic amines) is 1. The van der Waals surface area contributed by atoms with Crippen molar-refractivity contribution in [3.63, 3.8) is 0 Å². The average Bonchev–Trinajstić information content (AvgIpc) is 2.65. The first-order valence-corrected chi connectivity index (χ1v) is 8.78. The van der Waals surface area contributed by atoms with Gasteiger partial charge in [0.15, 0.2) is 0 Å². The molecule has 0 aromatic heterocycles. The molecule has 0 spiro atoms. The molecular weight excluding hydrogens is 252 g/mol. The van der Waals surface area contributed by atoms with Gasteiger partial charge in [0.2, 0.25) is 0 Å². The van der Waals surface area contributed by atoms with Crippen LogP contribution in [0.1, 0.15) is 51.4 Å². The quantitative estimate of drug-likeness (QED) is 0.611. The van der Waals surface area contributed by atoms with Crippen LogP contribution < -0.4 is 0 Å². The van der Waals surface area contributed by atoms with E-state index in [4.69, 9.17) is 12.6 Å². The highest BCUT2D eigenvalue weighted by Crippen LogP contribution is 2.38. The fourth-order valence-electron chi connectivity index (χ4n) is 4.01. The summed E-state index contributed by atoms with van der Waals surface area (Å²) in [5.41, 5.74) is 0.508. The fourth-order valence-corrected chi connectivity index (χ4v) is 4.42. The normalized spacial score (nSPS) is 28.7. The molecule has 19 heavy (non-hydrogen) atoms. The van der Waals surface area contributed by atoms with Gasteiger partial charge in [-0.25, -0.2) is 0 Å². The molecule has 1 aliphatic heterocycles. The van der Waals surface area contributed by atoms with Crippen molar-refractivity contribution >= 4 is 12.6 Å². The van der Waals surface area contributed by atoms with Crippen LogP contribution in [0.3, 0.4) is 0 Å². The van der Waals surface area contributed by atoms with Gasteiger partial charge in [0.1, 0.15) is 0 Å². The van der Waals surface area contributed by atoms with Gasteiger partial charge in [-0.3, -0.25) is 4.90 Å². The van der Waals surface area contributed by atoms with Gasteiger partial charge in [0.05, 0.1) is 0 Å². The van der Waals surface area contributed by atoms with Crippen molar-refractivity contribution in [2.45, 2.75) is 57.4 Å². The average molecular weight is 285 g/mol. The van der Waals surface area contributed by atoms with Crippen LogP contribution in [0.15, 0.2) is 0 Å². The van der Waals surface area contributed by atoms with E-state index >= 15 is 0 Å². The molecule has 0 radical (unpaired) electrons. The van der Waals surface area contributed by atoms with Crippen LogP contribution in [-0.4, -0.2) is 55.3 Å². The Morgan fingerprint density at radius 1 is 1.11 bits per heavy atom. The van der Waals surface area contributed by atoms with Crippen molar-refractivity contribution in [3.05, 3.63) is 0 Å². The molecular formula is C16H32N2S. The largest absolute Gasteiger partial charge is 0.308 e. The summed E-state index contributed by atoms with van der Waals surface area (Å²) >= 11 is 4.73. The summed E-state index contributed by atoms with van der Waals surface area (Å²) in [6, 6.07) is 0.787. The number of hydrogen-bond donors (Lipinski definition) is 1. The Morgan fingerprint density at radius 2 is 1.79 bits per heavy atom. The van der Waals surface area contributed by atoms with E-state index < -0.39 is 0 Å². The van der Waals surface area contributed by atoms with Crippen molar-refractivity contribution in [1.29, 1.82) is 0 Å². The summed E-state index contributed by atoms with van der Waals surface area (Å²) < 4.78 is 0. The maximum absolute atomic E-state index is 4.73. The molecule has 0 N–H and O–H groups in total. The number of thiol groups is 1. The van der Waals surface area contributed by atoms with Crippen LogP contribution in [0, 0.1) is 5.41 Å². The second kappa shape index (κ2) is 7.33. The van der Waals surface area contributed by atoms with E-state index in [0.29, 0.717) is 5.41 Å². The van der Waals surface area contributed by atoms with Crippen LogP contribution in [0.5, 0.6) is 0 Å². The van der Waals surface area contributed by atoms with Gasteiger partial charge in [-0.2, -0.15) is 12.6 Å². The molecule has 1 atom stereocenters. The third kappa shape index (κ3) is 4.37. The zero-order valence-electron chi connectivity index (χ0n) is 12.9. The summed E-state index contributed by atoms with van der Waals surface area (Å²) in [7, 11) is 4.41. The van der Waals surface area contributed by atoms with Gasteiger partial charge in [0, 0.05) is 19.1 Å². The van der Waals surface area contributed by atoms with Crippen LogP contribution in [0.25, 0.3) is 0 Å². The van der Waals surface area contributed by atoms with Crippen molar-refractivity contribution in [2.75, 3.05) is 39.5 Å². The van der Waals surface area contributed by atoms with E-state index in [9.17, 15) is 0 Å². The van der Waals surface area contributed by atoms with Gasteiger partial charge in [0.25, 0.3) is 0 Å². The Bertz CT molecular complexity index is 259. The van der Waals surface area contributed by atoms with Crippen LogP contribution in [0.4, 0.5) is 0 Å². The topological polar surface area (TPSA) is 6.48 Å². The zero-order valence-corrected chi connectivity index (χ0v) is 13.8. The molecule has 112 valence electrons. The molecule has 2 aliphatic rings. The Balaban J connectivity index is 1.96. The minimum atomic E-state index is 0.508. The Morgan fingerprint density at radius 3 is 2.37 bits per heavy atom. The molecule has 0 aromatic rings. The monoisotopic (exact) mass is 284 g/mol. The van der Waals surface area contributed by atoms with E-state index in [0.717, 1.165) is 11.8 Å². The lowest BCUT2D eigenvalue weighted by Gasteiger charge is -2.38. The zero-order chi connectivity index (χ0) is 13.7. The fraction of sp³-hybridized carbons (Fsp3) is 1.00. The molecule has 1 aliphatic carbocycles. The summed E-state index contributed by atoms with van der Waals surface area (Å²) in [5, 5.41) is 0. The maximum Gasteiger partial charge on any atom is 0.0223 e. The lowest BCUT2D eigenvalue weighted by atomic mass is 9.81. The van der Waals surface area contributed by atoms with Crippen molar-refractivity contribution in [2.24, 2.45) is 5.41 Å². The van der Waals surface area contributed by atoms with Crippen molar-refractivity contribution in [3.8, 4) is 0 Å². The minimum absolute atomic E-state index is 0.508. The van der Waals surface area contributed by atoms with E-state index in [1.165, 1.54) is 71.0 Å². The van der Waals surface area contributed by atoms with Gasteiger partial charge < -0.3 is 4.90 Å². The smallest absolute Gasteiger partial charge is 0.0223 e. The third-order valence-electron chi connectivity index (χ3n) is 5.11. The van der Waals surface area contributed by atoms with Crippen LogP contribution in [0.2, 0.25) is 0 Å². The second-order valence-corrected chi connectivity index (χ2v) is 7.42. The molecule has 1 unspecified atom stereocenters. The first kappa shape index (κ1) is 15.7. The molecule has 2 fully saturated rings. The standard InChI is InChI=1S/C16H32N2S/c1-17(2)12-15-8-7-11-18(15)13-16(14-19)9-5-3-4-6-10-16/h15,19H,3-14H2,1-2H3. The van der Waals surface area contributed by atoms with Gasteiger partial charge in [-0.15, -0.1) is 0 Å². The number of rotatable bonds is 5. The predicted octanol–water partition coefficient (Wildman–Crippen LogP) is 3.28. The summed E-state index contributed by atoms with van der Waals surface area (Å²) in [6.45, 7) is 3.84. The van der Waals surface area contributed by atoms with E-state index in [-0.39, 0.29) is 0 Å². The molecule has 0 aromatic carbocycles. The second-order valence-electron chi connectivity index (χ2n) is 7.10. The molecule has 1 saturated carbocycles. The van der Waals surface area contributed by atoms with Gasteiger partial charge in [-0.1, -0.05) is 25.7 Å². The molecule has 2 nitrogen and oxygen atoms in total. The highest BCUT2D eigenvalue weighted by Gasteiger charge is 2.35. The van der Waals surface area contributed by atoms with Crippen molar-refractivity contribution in [1.82, 2.24) is 9.80 Å². The first-order chi connectivity index (χ1) is 9.15. The molecule has 0 bridgehead atoms. The Labute approximate surface area is 125 Å². The number of likely N-dealkylation sites (N-methyl/N-ethyl adjacent to an activating group) is 1. The van der Waals surface area contributed by atoms with E-state index in [1.807, 2.05) is 0 Å². The molecule has 3 heteroatoms. The first-order valence-electron chi connectivity index (χ1n) is 8.15. The molecule has 1 heterocycles. The van der Waals surface area contributed by atoms with Gasteiger partial charge >= 0.3 is 0 Å². The number of hydrogen-bond acceptors (Lipinski definition) is 3. The number of nitrogens with zero attached hydrogens (tertiary/aromatic N) is 2. The van der Waals surface area contributed by atoms with Crippen LogP contribution >= 0.6 is 12.6 Å². The Kier molecular flexibility index (Phi) is 6.04. The molecule has 1 saturated heterocycles. The summed E-state index contributed by atoms with van der Waals surface area (Å²) in [6.07, 6.45) is 11.3. The maximum atomic E-state index is 4.73. The summed E-state index contributed by atoms with van der Waals surface area (Å²) in [5.74, 6) is 1.08. The Hall–Kier alpha value is 0.270. The highest BCUT2D eigenvalue weighted by atomic mass is 32.1. The lowest BCUT2D eigenvalue weighted by molar-refractivity contribution is 0.125. The molecule has 0 amide bonds. The third-order valence-corrected chi connectivity index (χ3v) is 5.78. The predicted molar refractivity (Wildman–Crippen MR) is 87.1 cm³/mol. The van der Waals surface area contributed by atoms with E-state index in [2.05, 4.69) is 23.9 Å². The SMILES string of the molecule is CN(C)CC1CCCN1CC1(CS)CCCCCC1. The minimum Gasteiger partial charge on any atom is -0.308 e. The lowest BCUT2D eigenvalue weighted by Crippen LogP contribution is -2.44.